The monoisotopic (exact) mass is 821 g/mol. The number of unbranched alkanes of at least 4 members (excludes halogenated alkanes) is 31. The standard InChI is InChI=1S/C52H100O6/c1-6-7-8-9-10-11-12-13-14-15-16-17-18-21-29-34-39-44-52(55)58-49(46-57-51(54)43-38-33-28-24-23-26-31-36-41-48(4)5)45-56-50(53)42-37-32-27-22-19-20-25-30-35-40-47(2)3/h47-49H,6-46H2,1-5H3/t49-/m1/s1. The molecule has 0 spiro atoms. The first-order valence-electron chi connectivity index (χ1n) is 25.7. The lowest BCUT2D eigenvalue weighted by Crippen LogP contribution is -2.30. The van der Waals surface area contributed by atoms with Crippen molar-refractivity contribution in [3.05, 3.63) is 0 Å². The molecule has 0 heterocycles. The fourth-order valence-electron chi connectivity index (χ4n) is 7.81. The summed E-state index contributed by atoms with van der Waals surface area (Å²) >= 11 is 0. The molecule has 0 unspecified atom stereocenters. The van der Waals surface area contributed by atoms with Crippen molar-refractivity contribution in [2.75, 3.05) is 13.2 Å². The average Bonchev–Trinajstić information content (AvgIpc) is 3.19. The Balaban J connectivity index is 4.29. The second-order valence-electron chi connectivity index (χ2n) is 18.8. The summed E-state index contributed by atoms with van der Waals surface area (Å²) in [5.41, 5.74) is 0. The van der Waals surface area contributed by atoms with E-state index in [1.807, 2.05) is 0 Å². The first kappa shape index (κ1) is 56.4. The Labute approximate surface area is 361 Å². The zero-order valence-corrected chi connectivity index (χ0v) is 39.7. The van der Waals surface area contributed by atoms with Crippen molar-refractivity contribution in [1.82, 2.24) is 0 Å². The van der Waals surface area contributed by atoms with Crippen LogP contribution >= 0.6 is 0 Å². The molecule has 344 valence electrons. The van der Waals surface area contributed by atoms with Gasteiger partial charge >= 0.3 is 17.9 Å². The zero-order chi connectivity index (χ0) is 42.6. The summed E-state index contributed by atoms with van der Waals surface area (Å²) in [6.45, 7) is 11.3. The molecule has 0 bridgehead atoms. The SMILES string of the molecule is CCCCCCCCCCCCCCCCCCCC(=O)O[C@H](COC(=O)CCCCCCCCCCCC(C)C)COC(=O)CCCCCCCCCCC(C)C. The van der Waals surface area contributed by atoms with Crippen LogP contribution in [0.3, 0.4) is 0 Å². The first-order valence-corrected chi connectivity index (χ1v) is 25.7. The molecular weight excluding hydrogens is 721 g/mol. The van der Waals surface area contributed by atoms with E-state index < -0.39 is 6.10 Å². The lowest BCUT2D eigenvalue weighted by molar-refractivity contribution is -0.167. The molecule has 0 aromatic carbocycles. The summed E-state index contributed by atoms with van der Waals surface area (Å²) in [7, 11) is 0. The molecule has 0 aliphatic heterocycles. The van der Waals surface area contributed by atoms with Crippen LogP contribution in [-0.2, 0) is 28.6 Å². The van der Waals surface area contributed by atoms with Gasteiger partial charge in [-0.2, -0.15) is 0 Å². The normalized spacial score (nSPS) is 12.1. The molecule has 58 heavy (non-hydrogen) atoms. The van der Waals surface area contributed by atoms with Crippen LogP contribution < -0.4 is 0 Å². The van der Waals surface area contributed by atoms with E-state index in [1.54, 1.807) is 0 Å². The summed E-state index contributed by atoms with van der Waals surface area (Å²) < 4.78 is 16.8. The highest BCUT2D eigenvalue weighted by Gasteiger charge is 2.19. The fourth-order valence-corrected chi connectivity index (χ4v) is 7.81. The average molecular weight is 821 g/mol. The smallest absolute Gasteiger partial charge is 0.306 e. The molecule has 0 amide bonds. The highest BCUT2D eigenvalue weighted by molar-refractivity contribution is 5.71. The predicted octanol–water partition coefficient (Wildman–Crippen LogP) is 16.5. The van der Waals surface area contributed by atoms with E-state index in [0.717, 1.165) is 69.6 Å². The molecule has 0 rings (SSSR count). The van der Waals surface area contributed by atoms with E-state index in [2.05, 4.69) is 34.6 Å². The molecule has 6 nitrogen and oxygen atoms in total. The van der Waals surface area contributed by atoms with Crippen molar-refractivity contribution in [3.63, 3.8) is 0 Å². The van der Waals surface area contributed by atoms with Crippen LogP contribution in [0.1, 0.15) is 285 Å². The first-order chi connectivity index (χ1) is 28.2. The molecule has 0 aliphatic rings. The van der Waals surface area contributed by atoms with Crippen LogP contribution in [0.5, 0.6) is 0 Å². The molecule has 0 aromatic heterocycles. The van der Waals surface area contributed by atoms with Gasteiger partial charge < -0.3 is 14.2 Å². The summed E-state index contributed by atoms with van der Waals surface area (Å²) in [5, 5.41) is 0. The van der Waals surface area contributed by atoms with Gasteiger partial charge in [-0.05, 0) is 31.1 Å². The summed E-state index contributed by atoms with van der Waals surface area (Å²) in [6.07, 6.45) is 45.2. The van der Waals surface area contributed by atoms with Crippen molar-refractivity contribution in [1.29, 1.82) is 0 Å². The van der Waals surface area contributed by atoms with Gasteiger partial charge in [0.25, 0.3) is 0 Å². The molecule has 0 radical (unpaired) electrons. The lowest BCUT2D eigenvalue weighted by Gasteiger charge is -2.18. The Kier molecular flexibility index (Phi) is 43.7. The van der Waals surface area contributed by atoms with Gasteiger partial charge in [0.15, 0.2) is 6.10 Å². The summed E-state index contributed by atoms with van der Waals surface area (Å²) in [4.78, 5) is 37.9. The molecule has 0 N–H and O–H groups in total. The number of hydrogen-bond donors (Lipinski definition) is 0. The Morgan fingerprint density at radius 2 is 0.569 bits per heavy atom. The van der Waals surface area contributed by atoms with Gasteiger partial charge in [0.2, 0.25) is 0 Å². The third-order valence-electron chi connectivity index (χ3n) is 11.7. The van der Waals surface area contributed by atoms with Crippen molar-refractivity contribution >= 4 is 17.9 Å². The van der Waals surface area contributed by atoms with E-state index in [-0.39, 0.29) is 31.1 Å². The van der Waals surface area contributed by atoms with E-state index in [4.69, 9.17) is 14.2 Å². The minimum Gasteiger partial charge on any atom is -0.462 e. The molecule has 0 aromatic rings. The van der Waals surface area contributed by atoms with Gasteiger partial charge in [-0.25, -0.2) is 0 Å². The molecule has 0 saturated heterocycles. The second-order valence-corrected chi connectivity index (χ2v) is 18.8. The van der Waals surface area contributed by atoms with Crippen molar-refractivity contribution < 1.29 is 28.6 Å². The van der Waals surface area contributed by atoms with E-state index in [0.29, 0.717) is 19.3 Å². The number of carbonyl (C=O) groups excluding carboxylic acids is 3. The van der Waals surface area contributed by atoms with Crippen molar-refractivity contribution in [3.8, 4) is 0 Å². The number of hydrogen-bond acceptors (Lipinski definition) is 6. The highest BCUT2D eigenvalue weighted by Crippen LogP contribution is 2.17. The topological polar surface area (TPSA) is 78.9 Å². The minimum absolute atomic E-state index is 0.0646. The van der Waals surface area contributed by atoms with Crippen LogP contribution in [-0.4, -0.2) is 37.2 Å². The van der Waals surface area contributed by atoms with Gasteiger partial charge in [-0.3, -0.25) is 14.4 Å². The van der Waals surface area contributed by atoms with Crippen LogP contribution in [0.4, 0.5) is 0 Å². The number of rotatable bonds is 46. The second kappa shape index (κ2) is 44.9. The Bertz CT molecular complexity index is 885. The van der Waals surface area contributed by atoms with Crippen molar-refractivity contribution in [2.45, 2.75) is 291 Å². The quantitative estimate of drug-likeness (QED) is 0.0346. The van der Waals surface area contributed by atoms with Crippen LogP contribution in [0.2, 0.25) is 0 Å². The maximum absolute atomic E-state index is 12.8. The third-order valence-corrected chi connectivity index (χ3v) is 11.7. The number of ether oxygens (including phenoxy) is 3. The van der Waals surface area contributed by atoms with Gasteiger partial charge in [-0.15, -0.1) is 0 Å². The molecule has 0 fully saturated rings. The fraction of sp³-hybridized carbons (Fsp3) is 0.942. The van der Waals surface area contributed by atoms with Gasteiger partial charge in [0, 0.05) is 19.3 Å². The molecule has 6 heteroatoms. The molecule has 0 saturated carbocycles. The maximum atomic E-state index is 12.8. The number of esters is 3. The van der Waals surface area contributed by atoms with Gasteiger partial charge in [0.05, 0.1) is 0 Å². The van der Waals surface area contributed by atoms with Gasteiger partial charge in [-0.1, -0.05) is 247 Å². The molecule has 0 aliphatic carbocycles. The summed E-state index contributed by atoms with van der Waals surface area (Å²) in [5.74, 6) is 0.753. The molecular formula is C52H100O6. The Hall–Kier alpha value is -1.59. The highest BCUT2D eigenvalue weighted by atomic mass is 16.6. The van der Waals surface area contributed by atoms with Gasteiger partial charge in [0.1, 0.15) is 13.2 Å². The maximum Gasteiger partial charge on any atom is 0.306 e. The van der Waals surface area contributed by atoms with E-state index in [1.165, 1.54) is 173 Å². The van der Waals surface area contributed by atoms with Crippen molar-refractivity contribution in [2.24, 2.45) is 11.8 Å². The largest absolute Gasteiger partial charge is 0.462 e. The van der Waals surface area contributed by atoms with Crippen LogP contribution in [0.15, 0.2) is 0 Å². The lowest BCUT2D eigenvalue weighted by atomic mass is 10.0. The Morgan fingerprint density at radius 3 is 0.845 bits per heavy atom. The third kappa shape index (κ3) is 45.5. The van der Waals surface area contributed by atoms with E-state index >= 15 is 0 Å². The van der Waals surface area contributed by atoms with E-state index in [9.17, 15) is 14.4 Å². The predicted molar refractivity (Wildman–Crippen MR) is 247 cm³/mol. The number of carbonyl (C=O) groups is 3. The zero-order valence-electron chi connectivity index (χ0n) is 39.7. The minimum atomic E-state index is -0.762. The molecule has 1 atom stereocenters. The Morgan fingerprint density at radius 1 is 0.328 bits per heavy atom. The summed E-state index contributed by atoms with van der Waals surface area (Å²) in [6, 6.07) is 0. The van der Waals surface area contributed by atoms with Crippen LogP contribution in [0, 0.1) is 11.8 Å². The van der Waals surface area contributed by atoms with Crippen LogP contribution in [0.25, 0.3) is 0 Å².